The predicted molar refractivity (Wildman–Crippen MR) is 49.6 cm³/mol. The van der Waals surface area contributed by atoms with Crippen LogP contribution in [0.3, 0.4) is 0 Å². The maximum Gasteiger partial charge on any atom is 0.221 e. The summed E-state index contributed by atoms with van der Waals surface area (Å²) >= 11 is 0. The second-order valence-electron chi connectivity index (χ2n) is 2.68. The van der Waals surface area contributed by atoms with Crippen molar-refractivity contribution in [3.05, 3.63) is 0 Å². The van der Waals surface area contributed by atoms with Crippen molar-refractivity contribution >= 4 is 5.91 Å². The van der Waals surface area contributed by atoms with Crippen LogP contribution in [0.1, 0.15) is 12.8 Å². The van der Waals surface area contributed by atoms with Crippen molar-refractivity contribution in [1.29, 1.82) is 0 Å². The van der Waals surface area contributed by atoms with Gasteiger partial charge < -0.3 is 10.2 Å². The van der Waals surface area contributed by atoms with Gasteiger partial charge in [-0.15, -0.1) is 12.3 Å². The van der Waals surface area contributed by atoms with Gasteiger partial charge in [-0.05, 0) is 7.05 Å². The van der Waals surface area contributed by atoms with Crippen LogP contribution in [-0.4, -0.2) is 38.0 Å². The Morgan fingerprint density at radius 2 is 2.25 bits per heavy atom. The van der Waals surface area contributed by atoms with Gasteiger partial charge in [0.05, 0.1) is 0 Å². The summed E-state index contributed by atoms with van der Waals surface area (Å²) in [7, 11) is 3.60. The summed E-state index contributed by atoms with van der Waals surface area (Å²) in [5.74, 6) is 2.63. The molecule has 0 heterocycles. The van der Waals surface area contributed by atoms with Crippen LogP contribution in [0.15, 0.2) is 0 Å². The van der Waals surface area contributed by atoms with Gasteiger partial charge in [-0.25, -0.2) is 0 Å². The molecule has 0 aromatic rings. The highest BCUT2D eigenvalue weighted by Crippen LogP contribution is 1.89. The third-order valence-corrected chi connectivity index (χ3v) is 1.64. The molecule has 0 atom stereocenters. The Morgan fingerprint density at radius 1 is 1.58 bits per heavy atom. The Balaban J connectivity index is 3.38. The summed E-state index contributed by atoms with van der Waals surface area (Å²) in [6.07, 6.45) is 6.38. The van der Waals surface area contributed by atoms with Gasteiger partial charge in [-0.3, -0.25) is 4.79 Å². The van der Waals surface area contributed by atoms with E-state index in [1.807, 2.05) is 7.05 Å². The minimum atomic E-state index is 0.0718. The van der Waals surface area contributed by atoms with E-state index in [1.165, 1.54) is 0 Å². The number of amides is 1. The third kappa shape index (κ3) is 5.75. The van der Waals surface area contributed by atoms with E-state index in [2.05, 4.69) is 16.1 Å². The third-order valence-electron chi connectivity index (χ3n) is 1.64. The molecule has 0 bridgehead atoms. The van der Waals surface area contributed by atoms with Crippen molar-refractivity contribution in [3.63, 3.8) is 0 Å². The highest BCUT2D eigenvalue weighted by Gasteiger charge is 2.00. The van der Waals surface area contributed by atoms with Crippen molar-refractivity contribution in [2.75, 3.05) is 27.2 Å². The molecule has 1 N–H and O–H groups in total. The zero-order chi connectivity index (χ0) is 9.40. The predicted octanol–water partition coefficient (Wildman–Crippen LogP) is 0.0776. The summed E-state index contributed by atoms with van der Waals surface area (Å²) in [6, 6.07) is 0. The number of carbonyl (C=O) groups excluding carboxylic acids is 1. The number of carbonyl (C=O) groups is 1. The van der Waals surface area contributed by atoms with Crippen LogP contribution >= 0.6 is 0 Å². The van der Waals surface area contributed by atoms with E-state index in [-0.39, 0.29) is 5.91 Å². The molecule has 0 fully saturated rings. The van der Waals surface area contributed by atoms with Crippen LogP contribution in [0.4, 0.5) is 0 Å². The van der Waals surface area contributed by atoms with Crippen molar-refractivity contribution in [3.8, 4) is 12.3 Å². The molecule has 1 amide bonds. The van der Waals surface area contributed by atoms with E-state index >= 15 is 0 Å². The molecule has 0 aliphatic heterocycles. The van der Waals surface area contributed by atoms with Crippen LogP contribution in [0.25, 0.3) is 0 Å². The van der Waals surface area contributed by atoms with Crippen LogP contribution in [0.2, 0.25) is 0 Å². The molecule has 0 aliphatic carbocycles. The number of hydrogen-bond donors (Lipinski definition) is 1. The number of nitrogens with one attached hydrogen (secondary N) is 1. The van der Waals surface area contributed by atoms with Crippen molar-refractivity contribution in [2.45, 2.75) is 12.8 Å². The molecule has 0 unspecified atom stereocenters. The standard InChI is InChI=1S/C9H16N2O/c1-4-5-7-11(3)8-6-9(12)10-2/h1H,5-8H2,2-3H3,(H,10,12). The fourth-order valence-electron chi connectivity index (χ4n) is 0.785. The Hall–Kier alpha value is -1.01. The van der Waals surface area contributed by atoms with Gasteiger partial charge in [0, 0.05) is 33.0 Å². The summed E-state index contributed by atoms with van der Waals surface area (Å²) < 4.78 is 0. The second-order valence-corrected chi connectivity index (χ2v) is 2.68. The van der Waals surface area contributed by atoms with E-state index in [0.717, 1.165) is 19.5 Å². The molecule has 12 heavy (non-hydrogen) atoms. The average Bonchev–Trinajstić information content (AvgIpc) is 2.10. The zero-order valence-corrected chi connectivity index (χ0v) is 7.76. The van der Waals surface area contributed by atoms with Crippen molar-refractivity contribution in [1.82, 2.24) is 10.2 Å². The molecule has 0 aliphatic rings. The Labute approximate surface area is 74.1 Å². The molecule has 0 aromatic heterocycles. The summed E-state index contributed by atoms with van der Waals surface area (Å²) in [5.41, 5.74) is 0. The van der Waals surface area contributed by atoms with Gasteiger partial charge in [0.25, 0.3) is 0 Å². The SMILES string of the molecule is C#CCCN(C)CCC(=O)NC. The van der Waals surface area contributed by atoms with Crippen LogP contribution in [0, 0.1) is 12.3 Å². The minimum absolute atomic E-state index is 0.0718. The molecule has 0 saturated heterocycles. The largest absolute Gasteiger partial charge is 0.359 e. The lowest BCUT2D eigenvalue weighted by Gasteiger charge is -2.13. The zero-order valence-electron chi connectivity index (χ0n) is 7.76. The van der Waals surface area contributed by atoms with Crippen molar-refractivity contribution in [2.24, 2.45) is 0 Å². The number of rotatable bonds is 5. The van der Waals surface area contributed by atoms with Crippen LogP contribution < -0.4 is 5.32 Å². The van der Waals surface area contributed by atoms with Gasteiger partial charge in [0.1, 0.15) is 0 Å². The topological polar surface area (TPSA) is 32.3 Å². The van der Waals surface area contributed by atoms with Crippen molar-refractivity contribution < 1.29 is 4.79 Å². The first kappa shape index (κ1) is 11.0. The van der Waals surface area contributed by atoms with E-state index in [0.29, 0.717) is 6.42 Å². The molecule has 3 heteroatoms. The van der Waals surface area contributed by atoms with Gasteiger partial charge in [0.15, 0.2) is 0 Å². The summed E-state index contributed by atoms with van der Waals surface area (Å²) in [4.78, 5) is 12.9. The van der Waals surface area contributed by atoms with Gasteiger partial charge >= 0.3 is 0 Å². The lowest BCUT2D eigenvalue weighted by atomic mass is 10.3. The van der Waals surface area contributed by atoms with Crippen LogP contribution in [-0.2, 0) is 4.79 Å². The van der Waals surface area contributed by atoms with Gasteiger partial charge in [0.2, 0.25) is 5.91 Å². The lowest BCUT2D eigenvalue weighted by molar-refractivity contribution is -0.120. The molecular weight excluding hydrogens is 152 g/mol. The number of nitrogens with zero attached hydrogens (tertiary/aromatic N) is 1. The monoisotopic (exact) mass is 168 g/mol. The molecular formula is C9H16N2O. The van der Waals surface area contributed by atoms with E-state index in [1.54, 1.807) is 7.05 Å². The first-order valence-corrected chi connectivity index (χ1v) is 4.03. The normalized spacial score (nSPS) is 9.50. The first-order chi connectivity index (χ1) is 5.70. The smallest absolute Gasteiger partial charge is 0.221 e. The number of terminal acetylenes is 1. The highest BCUT2D eigenvalue weighted by molar-refractivity contribution is 5.75. The molecule has 68 valence electrons. The molecule has 3 nitrogen and oxygen atoms in total. The maximum atomic E-state index is 10.8. The molecule has 0 spiro atoms. The first-order valence-electron chi connectivity index (χ1n) is 4.03. The molecule has 0 rings (SSSR count). The summed E-state index contributed by atoms with van der Waals surface area (Å²) in [6.45, 7) is 1.62. The van der Waals surface area contributed by atoms with E-state index in [9.17, 15) is 4.79 Å². The molecule has 0 saturated carbocycles. The quantitative estimate of drug-likeness (QED) is 0.589. The maximum absolute atomic E-state index is 10.8. The van der Waals surface area contributed by atoms with Gasteiger partial charge in [-0.2, -0.15) is 0 Å². The fraction of sp³-hybridized carbons (Fsp3) is 0.667. The highest BCUT2D eigenvalue weighted by atomic mass is 16.1. The fourth-order valence-corrected chi connectivity index (χ4v) is 0.785. The lowest BCUT2D eigenvalue weighted by Crippen LogP contribution is -2.27. The Morgan fingerprint density at radius 3 is 2.75 bits per heavy atom. The Bertz CT molecular complexity index is 172. The number of hydrogen-bond acceptors (Lipinski definition) is 2. The summed E-state index contributed by atoms with van der Waals surface area (Å²) in [5, 5.41) is 2.57. The van der Waals surface area contributed by atoms with E-state index in [4.69, 9.17) is 6.42 Å². The molecule has 0 aromatic carbocycles. The molecule has 0 radical (unpaired) electrons. The second kappa shape index (κ2) is 6.68. The average molecular weight is 168 g/mol. The Kier molecular flexibility index (Phi) is 6.12. The minimum Gasteiger partial charge on any atom is -0.359 e. The van der Waals surface area contributed by atoms with Crippen LogP contribution in [0.5, 0.6) is 0 Å². The van der Waals surface area contributed by atoms with E-state index < -0.39 is 0 Å². The van der Waals surface area contributed by atoms with Gasteiger partial charge in [-0.1, -0.05) is 0 Å².